The van der Waals surface area contributed by atoms with Gasteiger partial charge in [0.15, 0.2) is 0 Å². The Hall–Kier alpha value is -2.10. The van der Waals surface area contributed by atoms with Crippen LogP contribution in [-0.4, -0.2) is 53.1 Å². The maximum atomic E-state index is 10.1. The molecule has 172 valence electrons. The van der Waals surface area contributed by atoms with E-state index in [1.807, 2.05) is 17.2 Å². The Labute approximate surface area is 194 Å². The lowest BCUT2D eigenvalue weighted by Crippen LogP contribution is -2.23. The van der Waals surface area contributed by atoms with E-state index in [0.717, 1.165) is 19.3 Å². The van der Waals surface area contributed by atoms with E-state index in [1.165, 1.54) is 32.0 Å². The molecule has 3 rings (SSSR count). The van der Waals surface area contributed by atoms with Gasteiger partial charge in [-0.1, -0.05) is 13.3 Å². The minimum absolute atomic E-state index is 0.182. The lowest BCUT2D eigenvalue weighted by atomic mass is 10.1. The molecular weight excluding hydrogens is 430 g/mol. The van der Waals surface area contributed by atoms with Crippen molar-refractivity contribution in [2.45, 2.75) is 52.0 Å². The normalized spacial score (nSPS) is 14.2. The van der Waals surface area contributed by atoms with Gasteiger partial charge in [0, 0.05) is 55.8 Å². The van der Waals surface area contributed by atoms with Crippen molar-refractivity contribution in [3.63, 3.8) is 0 Å². The maximum absolute atomic E-state index is 10.1. The first kappa shape index (κ1) is 28.9. The summed E-state index contributed by atoms with van der Waals surface area (Å²) in [6.07, 6.45) is 16.0. The topological polar surface area (TPSA) is 89.4 Å². The summed E-state index contributed by atoms with van der Waals surface area (Å²) in [5.41, 5.74) is 3.15. The molecule has 0 bridgehead atoms. The second-order valence-electron chi connectivity index (χ2n) is 6.27. The molecule has 1 aliphatic rings. The monoisotopic (exact) mass is 465 g/mol. The average molecular weight is 466 g/mol. The van der Waals surface area contributed by atoms with E-state index in [1.54, 1.807) is 54.1 Å². The zero-order valence-corrected chi connectivity index (χ0v) is 20.4. The number of unbranched alkanes of at least 4 members (excludes halogenated alkanes) is 1. The largest absolute Gasteiger partial charge is 0.466 e. The van der Waals surface area contributed by atoms with Crippen LogP contribution in [-0.2, 0) is 16.0 Å². The summed E-state index contributed by atoms with van der Waals surface area (Å²) in [5.74, 6) is -0.182. The van der Waals surface area contributed by atoms with Crippen LogP contribution in [0.25, 0.3) is 0 Å². The summed E-state index contributed by atoms with van der Waals surface area (Å²) >= 11 is 3.30. The molecule has 0 aliphatic carbocycles. The highest BCUT2D eigenvalue weighted by atomic mass is 32.2. The predicted molar refractivity (Wildman–Crippen MR) is 133 cm³/mol. The Morgan fingerprint density at radius 1 is 1.39 bits per heavy atom. The van der Waals surface area contributed by atoms with Crippen molar-refractivity contribution in [1.82, 2.24) is 20.3 Å². The SMILES string of the molecule is C=N/C=C\SC.CCCCOC(C)=O.c1cnccn1.c1nc(CC2CCCN2)cs1. The van der Waals surface area contributed by atoms with Gasteiger partial charge >= 0.3 is 5.97 Å². The Balaban J connectivity index is 0.000000403. The molecule has 0 amide bonds. The fraction of sp³-hybridized carbons (Fsp3) is 0.500. The molecule has 0 aromatic carbocycles. The van der Waals surface area contributed by atoms with E-state index >= 15 is 0 Å². The van der Waals surface area contributed by atoms with E-state index < -0.39 is 0 Å². The van der Waals surface area contributed by atoms with Gasteiger partial charge in [0.25, 0.3) is 0 Å². The molecule has 1 saturated heterocycles. The van der Waals surface area contributed by atoms with Gasteiger partial charge in [-0.05, 0) is 44.2 Å². The molecule has 9 heteroatoms. The fourth-order valence-corrected chi connectivity index (χ4v) is 3.02. The van der Waals surface area contributed by atoms with Gasteiger partial charge in [-0.2, -0.15) is 0 Å². The second-order valence-corrected chi connectivity index (χ2v) is 7.73. The number of carbonyl (C=O) groups is 1. The number of aliphatic imine (C=N–C) groups is 1. The van der Waals surface area contributed by atoms with Crippen molar-refractivity contribution in [3.05, 3.63) is 53.0 Å². The molecule has 0 saturated carbocycles. The molecule has 0 spiro atoms. The molecule has 1 aliphatic heterocycles. The molecule has 2 aromatic heterocycles. The molecule has 0 radical (unpaired) electrons. The minimum Gasteiger partial charge on any atom is -0.466 e. The summed E-state index contributed by atoms with van der Waals surface area (Å²) < 4.78 is 4.64. The molecule has 2 aromatic rings. The van der Waals surface area contributed by atoms with Crippen LogP contribution in [0.3, 0.4) is 0 Å². The predicted octanol–water partition coefficient (Wildman–Crippen LogP) is 4.79. The summed E-state index contributed by atoms with van der Waals surface area (Å²) in [6, 6.07) is 0.692. The number of carbonyl (C=O) groups excluding carboxylic acids is 1. The van der Waals surface area contributed by atoms with Crippen LogP contribution < -0.4 is 5.32 Å². The smallest absolute Gasteiger partial charge is 0.302 e. The summed E-state index contributed by atoms with van der Waals surface area (Å²) in [7, 11) is 0. The number of esters is 1. The lowest BCUT2D eigenvalue weighted by molar-refractivity contribution is -0.141. The van der Waals surface area contributed by atoms with Crippen LogP contribution in [0.4, 0.5) is 0 Å². The standard InChI is InChI=1S/C8H12N2S.C6H12O2.C4H4N2.C4H7NS/c1-2-7(9-3-1)4-8-5-11-6-10-8;1-3-4-5-8-6(2)7;1-2-6-4-3-5-1;1-5-3-4-6-2/h5-7,9H,1-4H2;3-5H2,1-2H3;1-4H;3-4H,1H2,2H3/b;;;4-3-. The van der Waals surface area contributed by atoms with Crippen molar-refractivity contribution < 1.29 is 9.53 Å². The Bertz CT molecular complexity index is 637. The molecule has 31 heavy (non-hydrogen) atoms. The van der Waals surface area contributed by atoms with Crippen LogP contribution >= 0.6 is 23.1 Å². The zero-order valence-electron chi connectivity index (χ0n) is 18.8. The number of thioether (sulfide) groups is 1. The minimum atomic E-state index is -0.182. The number of thiazole rings is 1. The van der Waals surface area contributed by atoms with E-state index in [2.05, 4.69) is 49.0 Å². The van der Waals surface area contributed by atoms with Gasteiger partial charge in [0.2, 0.25) is 0 Å². The second kappa shape index (κ2) is 22.6. The third-order valence-corrected chi connectivity index (χ3v) is 4.71. The third-order valence-electron chi connectivity index (χ3n) is 3.68. The van der Waals surface area contributed by atoms with Gasteiger partial charge in [0.05, 0.1) is 17.8 Å². The van der Waals surface area contributed by atoms with E-state index in [-0.39, 0.29) is 5.97 Å². The van der Waals surface area contributed by atoms with Crippen molar-refractivity contribution in [2.24, 2.45) is 4.99 Å². The Kier molecular flexibility index (Phi) is 21.1. The summed E-state index contributed by atoms with van der Waals surface area (Å²) in [5, 5.41) is 7.47. The number of hydrogen-bond acceptors (Lipinski definition) is 9. The van der Waals surface area contributed by atoms with Gasteiger partial charge in [-0.15, -0.1) is 23.1 Å². The van der Waals surface area contributed by atoms with Crippen LogP contribution in [0.5, 0.6) is 0 Å². The number of rotatable bonds is 7. The van der Waals surface area contributed by atoms with Crippen molar-refractivity contribution in [2.75, 3.05) is 19.4 Å². The highest BCUT2D eigenvalue weighted by Crippen LogP contribution is 2.11. The first-order chi connectivity index (χ1) is 15.1. The van der Waals surface area contributed by atoms with E-state index in [0.29, 0.717) is 12.6 Å². The molecule has 3 heterocycles. The first-order valence-corrected chi connectivity index (χ1v) is 12.4. The van der Waals surface area contributed by atoms with E-state index in [4.69, 9.17) is 0 Å². The number of nitrogens with zero attached hydrogens (tertiary/aromatic N) is 4. The summed E-state index contributed by atoms with van der Waals surface area (Å²) in [6.45, 7) is 8.50. The average Bonchev–Trinajstić information content (AvgIpc) is 3.50. The number of aromatic nitrogens is 3. The molecular formula is C22H35N5O2S2. The number of nitrogens with one attached hydrogen (secondary N) is 1. The zero-order chi connectivity index (χ0) is 23.0. The molecule has 1 N–H and O–H groups in total. The number of ether oxygens (including phenoxy) is 1. The van der Waals surface area contributed by atoms with Gasteiger partial charge in [-0.3, -0.25) is 19.8 Å². The number of hydrogen-bond donors (Lipinski definition) is 1. The van der Waals surface area contributed by atoms with Gasteiger partial charge in [0.1, 0.15) is 0 Å². The molecule has 7 nitrogen and oxygen atoms in total. The quantitative estimate of drug-likeness (QED) is 0.357. The maximum Gasteiger partial charge on any atom is 0.302 e. The van der Waals surface area contributed by atoms with E-state index in [9.17, 15) is 4.79 Å². The van der Waals surface area contributed by atoms with Gasteiger partial charge < -0.3 is 10.1 Å². The van der Waals surface area contributed by atoms with Crippen LogP contribution in [0.15, 0.2) is 52.3 Å². The Morgan fingerprint density at radius 3 is 2.48 bits per heavy atom. The first-order valence-electron chi connectivity index (χ1n) is 10.2. The summed E-state index contributed by atoms with van der Waals surface area (Å²) in [4.78, 5) is 25.3. The third kappa shape index (κ3) is 20.9. The molecule has 1 unspecified atom stereocenters. The Morgan fingerprint density at radius 2 is 2.10 bits per heavy atom. The van der Waals surface area contributed by atoms with Crippen molar-refractivity contribution >= 4 is 35.8 Å². The van der Waals surface area contributed by atoms with Crippen LogP contribution in [0.2, 0.25) is 0 Å². The van der Waals surface area contributed by atoms with Crippen LogP contribution in [0.1, 0.15) is 45.2 Å². The van der Waals surface area contributed by atoms with Crippen molar-refractivity contribution in [1.29, 1.82) is 0 Å². The molecule has 1 fully saturated rings. The van der Waals surface area contributed by atoms with Gasteiger partial charge in [-0.25, -0.2) is 4.98 Å². The fourth-order valence-electron chi connectivity index (χ4n) is 2.24. The lowest BCUT2D eigenvalue weighted by Gasteiger charge is -2.06. The highest BCUT2D eigenvalue weighted by Gasteiger charge is 2.14. The highest BCUT2D eigenvalue weighted by molar-refractivity contribution is 8.01. The van der Waals surface area contributed by atoms with Crippen LogP contribution in [0, 0.1) is 0 Å². The molecule has 1 atom stereocenters. The van der Waals surface area contributed by atoms with Crippen molar-refractivity contribution in [3.8, 4) is 0 Å².